The molecular weight excluding hydrogens is 318 g/mol. The predicted molar refractivity (Wildman–Crippen MR) is 84.1 cm³/mol. The van der Waals surface area contributed by atoms with E-state index in [1.807, 2.05) is 22.2 Å². The smallest absolute Gasteiger partial charge is 0.207 e. The molecule has 3 rings (SSSR count). The van der Waals surface area contributed by atoms with Gasteiger partial charge < -0.3 is 5.73 Å². The molecule has 0 atom stereocenters. The van der Waals surface area contributed by atoms with E-state index in [1.165, 1.54) is 5.56 Å². The number of hydrogen-bond acceptors (Lipinski definition) is 3. The summed E-state index contributed by atoms with van der Waals surface area (Å²) >= 11 is 3.61. The number of nitrogen functional groups attached to an aromatic ring is 1. The summed E-state index contributed by atoms with van der Waals surface area (Å²) in [6.45, 7) is 6.85. The highest BCUT2D eigenvalue weighted by Gasteiger charge is 2.19. The lowest BCUT2D eigenvalue weighted by molar-refractivity contribution is 0.663. The molecule has 0 aliphatic carbocycles. The van der Waals surface area contributed by atoms with Crippen molar-refractivity contribution in [2.45, 2.75) is 27.3 Å². The molecule has 0 aliphatic rings. The molecule has 0 amide bonds. The third kappa shape index (κ3) is 1.83. The van der Waals surface area contributed by atoms with Gasteiger partial charge in [-0.25, -0.2) is 9.67 Å². The molecule has 0 fully saturated rings. The summed E-state index contributed by atoms with van der Waals surface area (Å²) in [5.74, 6) is 0.479. The van der Waals surface area contributed by atoms with Crippen molar-refractivity contribution in [3.8, 4) is 5.69 Å². The number of aryl methyl sites for hydroxylation is 3. The Labute approximate surface area is 125 Å². The van der Waals surface area contributed by atoms with E-state index >= 15 is 0 Å². The number of nitrogens with two attached hydrogens (primary N) is 1. The van der Waals surface area contributed by atoms with E-state index < -0.39 is 0 Å². The zero-order valence-corrected chi connectivity index (χ0v) is 13.3. The Balaban J connectivity index is 2.38. The maximum absolute atomic E-state index is 6.12. The number of fused-ring (bicyclic) bond motifs is 1. The van der Waals surface area contributed by atoms with Crippen LogP contribution < -0.4 is 5.73 Å². The Morgan fingerprint density at radius 2 is 2.05 bits per heavy atom. The van der Waals surface area contributed by atoms with Crippen LogP contribution in [0.4, 0.5) is 5.95 Å². The van der Waals surface area contributed by atoms with Crippen LogP contribution in [0.2, 0.25) is 0 Å². The average molecular weight is 334 g/mol. The number of hydrogen-bond donors (Lipinski definition) is 1. The highest BCUT2D eigenvalue weighted by molar-refractivity contribution is 9.10. The van der Waals surface area contributed by atoms with Crippen LogP contribution in [0, 0.1) is 13.8 Å². The van der Waals surface area contributed by atoms with E-state index in [-0.39, 0.29) is 0 Å². The Bertz CT molecular complexity index is 800. The van der Waals surface area contributed by atoms with Gasteiger partial charge in [0.15, 0.2) is 5.65 Å². The lowest BCUT2D eigenvalue weighted by atomic mass is 10.2. The molecule has 20 heavy (non-hydrogen) atoms. The third-order valence-electron chi connectivity index (χ3n) is 3.38. The second kappa shape index (κ2) is 4.63. The lowest BCUT2D eigenvalue weighted by Crippen LogP contribution is -2.07. The van der Waals surface area contributed by atoms with Crippen molar-refractivity contribution in [3.05, 3.63) is 33.9 Å². The third-order valence-corrected chi connectivity index (χ3v) is 4.02. The normalized spacial score (nSPS) is 11.4. The van der Waals surface area contributed by atoms with Gasteiger partial charge in [0.2, 0.25) is 5.95 Å². The number of aromatic nitrogens is 4. The summed E-state index contributed by atoms with van der Waals surface area (Å²) in [5.41, 5.74) is 11.0. The van der Waals surface area contributed by atoms with E-state index in [2.05, 4.69) is 52.0 Å². The molecule has 0 aliphatic heterocycles. The van der Waals surface area contributed by atoms with Crippen molar-refractivity contribution in [2.24, 2.45) is 0 Å². The topological polar surface area (TPSA) is 61.7 Å². The van der Waals surface area contributed by atoms with Gasteiger partial charge in [-0.2, -0.15) is 5.10 Å². The maximum Gasteiger partial charge on any atom is 0.207 e. The predicted octanol–water partition coefficient (Wildman–Crippen LogP) is 3.20. The number of benzene rings is 1. The Kier molecular flexibility index (Phi) is 3.05. The van der Waals surface area contributed by atoms with Crippen molar-refractivity contribution in [2.75, 3.05) is 5.73 Å². The molecular formula is C14H16BrN5. The number of imidazole rings is 1. The number of nitrogens with zero attached hydrogens (tertiary/aromatic N) is 4. The zero-order valence-electron chi connectivity index (χ0n) is 11.7. The van der Waals surface area contributed by atoms with Crippen LogP contribution in [0.25, 0.3) is 16.9 Å². The van der Waals surface area contributed by atoms with Gasteiger partial charge in [-0.1, -0.05) is 6.07 Å². The standard InChI is InChI=1S/C14H16BrN5/c1-4-19-13-12(9(3)18-19)17-14(16)20(13)11-6-5-8(2)7-10(11)15/h5-7H,4H2,1-3H3,(H2,16,17). The minimum atomic E-state index is 0.479. The molecule has 2 heterocycles. The Hall–Kier alpha value is -1.82. The fourth-order valence-corrected chi connectivity index (χ4v) is 3.11. The summed E-state index contributed by atoms with van der Waals surface area (Å²) < 4.78 is 4.87. The van der Waals surface area contributed by atoms with E-state index in [0.29, 0.717) is 5.95 Å². The highest BCUT2D eigenvalue weighted by Crippen LogP contribution is 2.30. The molecule has 104 valence electrons. The second-order valence-electron chi connectivity index (χ2n) is 4.83. The highest BCUT2D eigenvalue weighted by atomic mass is 79.9. The van der Waals surface area contributed by atoms with Crippen molar-refractivity contribution in [3.63, 3.8) is 0 Å². The Morgan fingerprint density at radius 1 is 1.30 bits per heavy atom. The molecule has 0 saturated heterocycles. The molecule has 2 N–H and O–H groups in total. The van der Waals surface area contributed by atoms with E-state index in [0.717, 1.165) is 33.6 Å². The minimum absolute atomic E-state index is 0.479. The van der Waals surface area contributed by atoms with E-state index in [9.17, 15) is 0 Å². The first-order valence-electron chi connectivity index (χ1n) is 6.50. The second-order valence-corrected chi connectivity index (χ2v) is 5.69. The first-order chi connectivity index (χ1) is 9.52. The van der Waals surface area contributed by atoms with Gasteiger partial charge in [-0.15, -0.1) is 0 Å². The Morgan fingerprint density at radius 3 is 2.70 bits per heavy atom. The van der Waals surface area contributed by atoms with Crippen LogP contribution in [0.5, 0.6) is 0 Å². The molecule has 0 saturated carbocycles. The molecule has 0 bridgehead atoms. The van der Waals surface area contributed by atoms with Crippen molar-refractivity contribution < 1.29 is 0 Å². The van der Waals surface area contributed by atoms with Gasteiger partial charge in [0, 0.05) is 11.0 Å². The summed E-state index contributed by atoms with van der Waals surface area (Å²) in [6, 6.07) is 6.17. The minimum Gasteiger partial charge on any atom is -0.369 e. The average Bonchev–Trinajstić information content (AvgIpc) is 2.88. The SMILES string of the molecule is CCn1nc(C)c2nc(N)n(-c3ccc(C)cc3Br)c21. The molecule has 6 heteroatoms. The zero-order chi connectivity index (χ0) is 14.4. The van der Waals surface area contributed by atoms with Crippen LogP contribution in [0.1, 0.15) is 18.2 Å². The first-order valence-corrected chi connectivity index (χ1v) is 7.30. The maximum atomic E-state index is 6.12. The fourth-order valence-electron chi connectivity index (χ4n) is 2.44. The van der Waals surface area contributed by atoms with Crippen LogP contribution in [0.3, 0.4) is 0 Å². The van der Waals surface area contributed by atoms with Crippen LogP contribution in [-0.2, 0) is 6.54 Å². The lowest BCUT2D eigenvalue weighted by Gasteiger charge is -2.10. The van der Waals surface area contributed by atoms with Crippen molar-refractivity contribution >= 4 is 33.0 Å². The van der Waals surface area contributed by atoms with Gasteiger partial charge in [-0.05, 0) is 54.4 Å². The van der Waals surface area contributed by atoms with Crippen molar-refractivity contribution in [1.82, 2.24) is 19.3 Å². The summed E-state index contributed by atoms with van der Waals surface area (Å²) in [5, 5.41) is 4.51. The van der Waals surface area contributed by atoms with Crippen LogP contribution >= 0.6 is 15.9 Å². The quantitative estimate of drug-likeness (QED) is 0.783. The fraction of sp³-hybridized carbons (Fsp3) is 0.286. The summed E-state index contributed by atoms with van der Waals surface area (Å²) in [4.78, 5) is 4.46. The number of anilines is 1. The molecule has 0 unspecified atom stereocenters. The van der Waals surface area contributed by atoms with Gasteiger partial charge in [0.25, 0.3) is 0 Å². The monoisotopic (exact) mass is 333 g/mol. The van der Waals surface area contributed by atoms with Gasteiger partial charge in [-0.3, -0.25) is 4.57 Å². The molecule has 0 radical (unpaired) electrons. The molecule has 3 aromatic rings. The number of rotatable bonds is 2. The molecule has 0 spiro atoms. The van der Waals surface area contributed by atoms with Gasteiger partial charge in [0.05, 0.1) is 11.4 Å². The van der Waals surface area contributed by atoms with Crippen LogP contribution in [-0.4, -0.2) is 19.3 Å². The van der Waals surface area contributed by atoms with Crippen LogP contribution in [0.15, 0.2) is 22.7 Å². The van der Waals surface area contributed by atoms with E-state index in [1.54, 1.807) is 0 Å². The largest absolute Gasteiger partial charge is 0.369 e. The molecule has 1 aromatic carbocycles. The molecule has 2 aromatic heterocycles. The number of halogens is 1. The summed E-state index contributed by atoms with van der Waals surface area (Å²) in [6.07, 6.45) is 0. The summed E-state index contributed by atoms with van der Waals surface area (Å²) in [7, 11) is 0. The molecule has 5 nitrogen and oxygen atoms in total. The van der Waals surface area contributed by atoms with Gasteiger partial charge >= 0.3 is 0 Å². The van der Waals surface area contributed by atoms with Crippen molar-refractivity contribution in [1.29, 1.82) is 0 Å². The van der Waals surface area contributed by atoms with Gasteiger partial charge in [0.1, 0.15) is 5.52 Å². The van der Waals surface area contributed by atoms with E-state index in [4.69, 9.17) is 5.73 Å². The first kappa shape index (κ1) is 13.2.